The van der Waals surface area contributed by atoms with E-state index in [1.165, 1.54) is 0 Å². The topological polar surface area (TPSA) is 131 Å². The Morgan fingerprint density at radius 1 is 0.848 bits per heavy atom. The van der Waals surface area contributed by atoms with E-state index in [-0.39, 0.29) is 31.1 Å². The molecule has 3 aromatic carbocycles. The van der Waals surface area contributed by atoms with Crippen molar-refractivity contribution in [3.63, 3.8) is 0 Å². The van der Waals surface area contributed by atoms with E-state index in [2.05, 4.69) is 15.3 Å². The van der Waals surface area contributed by atoms with Crippen LogP contribution < -0.4 is 5.32 Å². The Kier molecular flexibility index (Phi) is 12.3. The van der Waals surface area contributed by atoms with Gasteiger partial charge in [0.2, 0.25) is 5.91 Å². The molecule has 9 nitrogen and oxygen atoms in total. The number of aliphatic hydroxyl groups is 1. The summed E-state index contributed by atoms with van der Waals surface area (Å²) in [7, 11) is 0. The molecule has 1 saturated heterocycles. The average Bonchev–Trinajstić information content (AvgIpc) is 3.10. The van der Waals surface area contributed by atoms with E-state index in [9.17, 15) is 14.7 Å². The smallest absolute Gasteiger partial charge is 0.303 e. The van der Waals surface area contributed by atoms with E-state index in [1.807, 2.05) is 72.8 Å². The van der Waals surface area contributed by atoms with Crippen molar-refractivity contribution in [1.29, 1.82) is 0 Å². The summed E-state index contributed by atoms with van der Waals surface area (Å²) in [5.74, 6) is -0.173. The lowest BCUT2D eigenvalue weighted by Gasteiger charge is -2.36. The molecule has 10 heteroatoms. The number of carboxylic acid groups (broad SMARTS) is 1. The van der Waals surface area contributed by atoms with Crippen molar-refractivity contribution < 1.29 is 29.3 Å². The highest BCUT2D eigenvalue weighted by molar-refractivity contribution is 7.99. The lowest BCUT2D eigenvalue weighted by Crippen LogP contribution is -2.31. The van der Waals surface area contributed by atoms with Crippen LogP contribution in [0.3, 0.4) is 0 Å². The number of unbranched alkanes of at least 4 members (excludes halogenated alkanes) is 2. The molecule has 1 fully saturated rings. The first-order chi connectivity index (χ1) is 22.5. The van der Waals surface area contributed by atoms with Crippen LogP contribution in [-0.4, -0.2) is 43.9 Å². The molecule has 3 atom stereocenters. The van der Waals surface area contributed by atoms with Crippen molar-refractivity contribution in [2.24, 2.45) is 0 Å². The lowest BCUT2D eigenvalue weighted by molar-refractivity contribution is -0.245. The van der Waals surface area contributed by atoms with Crippen LogP contribution in [0.5, 0.6) is 0 Å². The molecule has 0 radical (unpaired) electrons. The summed E-state index contributed by atoms with van der Waals surface area (Å²) in [6.07, 6.45) is 5.76. The second-order valence-electron chi connectivity index (χ2n) is 11.2. The van der Waals surface area contributed by atoms with Crippen LogP contribution in [0, 0.1) is 0 Å². The number of aliphatic carboxylic acids is 1. The van der Waals surface area contributed by atoms with Crippen LogP contribution in [0.15, 0.2) is 96.4 Å². The SMILES string of the molecule is O=C(O)CCCCCC(=O)NCc1ccccc1-c1ccc([C@H]2O[C@@H](CSc3ncccn3)C[C@@H](c3ccc(CO)cc3)O2)cc1. The molecule has 1 aliphatic rings. The minimum Gasteiger partial charge on any atom is -0.481 e. The van der Waals surface area contributed by atoms with Gasteiger partial charge in [-0.2, -0.15) is 0 Å². The maximum absolute atomic E-state index is 12.4. The predicted octanol–water partition coefficient (Wildman–Crippen LogP) is 6.62. The number of thioether (sulfide) groups is 1. The zero-order chi connectivity index (χ0) is 32.1. The van der Waals surface area contributed by atoms with E-state index in [0.29, 0.717) is 43.1 Å². The van der Waals surface area contributed by atoms with Gasteiger partial charge in [0.1, 0.15) is 0 Å². The standard InChI is InChI=1S/C36H39N3O6S/c40-23-25-11-13-27(14-12-25)32-21-30(24-46-36-37-19-6-20-38-36)44-35(45-32)28-17-15-26(16-18-28)31-8-5-4-7-29(31)22-39-33(41)9-2-1-3-10-34(42)43/h4-8,11-20,30,32,35,40H,1-3,9-10,21-24H2,(H,39,41)(H,42,43)/t30-,32+,35+/m1/s1. The largest absolute Gasteiger partial charge is 0.481 e. The second-order valence-corrected chi connectivity index (χ2v) is 12.2. The normalized spacial score (nSPS) is 17.8. The van der Waals surface area contributed by atoms with Gasteiger partial charge in [-0.3, -0.25) is 9.59 Å². The Hall–Kier alpha value is -4.09. The summed E-state index contributed by atoms with van der Waals surface area (Å²) < 4.78 is 13.0. The van der Waals surface area contributed by atoms with Crippen LogP contribution in [0.25, 0.3) is 11.1 Å². The molecule has 1 aromatic heterocycles. The molecule has 240 valence electrons. The van der Waals surface area contributed by atoms with E-state index in [0.717, 1.165) is 39.8 Å². The first-order valence-corrected chi connectivity index (χ1v) is 16.5. The van der Waals surface area contributed by atoms with Crippen LogP contribution in [-0.2, 0) is 32.2 Å². The molecule has 0 saturated carbocycles. The zero-order valence-electron chi connectivity index (χ0n) is 25.6. The Bertz CT molecular complexity index is 1550. The minimum atomic E-state index is -0.806. The average molecular weight is 642 g/mol. The number of nitrogens with one attached hydrogen (secondary N) is 1. The summed E-state index contributed by atoms with van der Waals surface area (Å²) >= 11 is 1.56. The third-order valence-electron chi connectivity index (χ3n) is 7.84. The quantitative estimate of drug-likeness (QED) is 0.0744. The number of aliphatic hydroxyl groups excluding tert-OH is 1. The number of benzene rings is 3. The van der Waals surface area contributed by atoms with E-state index in [4.69, 9.17) is 14.6 Å². The first kappa shape index (κ1) is 33.3. The summed E-state index contributed by atoms with van der Waals surface area (Å²) in [6.45, 7) is 0.397. The molecule has 46 heavy (non-hydrogen) atoms. The zero-order valence-corrected chi connectivity index (χ0v) is 26.4. The monoisotopic (exact) mass is 641 g/mol. The lowest BCUT2D eigenvalue weighted by atomic mass is 9.97. The first-order valence-electron chi connectivity index (χ1n) is 15.6. The Balaban J connectivity index is 1.25. The van der Waals surface area contributed by atoms with E-state index in [1.54, 1.807) is 30.2 Å². The van der Waals surface area contributed by atoms with Gasteiger partial charge in [-0.15, -0.1) is 0 Å². The fourth-order valence-corrected chi connectivity index (χ4v) is 6.17. The van der Waals surface area contributed by atoms with Crippen molar-refractivity contribution in [3.05, 3.63) is 114 Å². The van der Waals surface area contributed by atoms with Crippen LogP contribution in [0.2, 0.25) is 0 Å². The number of carbonyl (C=O) groups excluding carboxylic acids is 1. The molecule has 1 amide bonds. The molecule has 4 aromatic rings. The van der Waals surface area contributed by atoms with E-state index < -0.39 is 12.3 Å². The van der Waals surface area contributed by atoms with Crippen molar-refractivity contribution in [3.8, 4) is 11.1 Å². The van der Waals surface area contributed by atoms with Gasteiger partial charge in [0.15, 0.2) is 11.4 Å². The van der Waals surface area contributed by atoms with Gasteiger partial charge in [-0.05, 0) is 46.7 Å². The fourth-order valence-electron chi connectivity index (χ4n) is 5.35. The predicted molar refractivity (Wildman–Crippen MR) is 176 cm³/mol. The van der Waals surface area contributed by atoms with Gasteiger partial charge in [0, 0.05) is 49.5 Å². The van der Waals surface area contributed by atoms with Gasteiger partial charge in [-0.1, -0.05) is 91.0 Å². The number of hydrogen-bond donors (Lipinski definition) is 3. The van der Waals surface area contributed by atoms with Gasteiger partial charge in [-0.25, -0.2) is 9.97 Å². The third-order valence-corrected chi connectivity index (χ3v) is 8.84. The number of rotatable bonds is 15. The maximum atomic E-state index is 12.4. The molecule has 1 aliphatic heterocycles. The summed E-state index contributed by atoms with van der Waals surface area (Å²) in [4.78, 5) is 31.7. The van der Waals surface area contributed by atoms with Gasteiger partial charge in [0.05, 0.1) is 18.8 Å². The molecule has 0 unspecified atom stereocenters. The Morgan fingerprint density at radius 3 is 2.30 bits per heavy atom. The van der Waals surface area contributed by atoms with Crippen LogP contribution >= 0.6 is 11.8 Å². The summed E-state index contributed by atoms with van der Waals surface area (Å²) in [5.41, 5.74) is 5.84. The Morgan fingerprint density at radius 2 is 1.57 bits per heavy atom. The summed E-state index contributed by atoms with van der Waals surface area (Å²) in [6, 6.07) is 25.8. The van der Waals surface area contributed by atoms with E-state index >= 15 is 0 Å². The number of nitrogens with zero attached hydrogens (tertiary/aromatic N) is 2. The van der Waals surface area contributed by atoms with Crippen molar-refractivity contribution in [2.75, 3.05) is 5.75 Å². The number of carboxylic acids is 1. The number of hydrogen-bond acceptors (Lipinski definition) is 8. The third kappa shape index (κ3) is 9.70. The maximum Gasteiger partial charge on any atom is 0.303 e. The van der Waals surface area contributed by atoms with Crippen LogP contribution in [0.1, 0.15) is 73.2 Å². The molecule has 5 rings (SSSR count). The molecular formula is C36H39N3O6S. The van der Waals surface area contributed by atoms with Gasteiger partial charge < -0.3 is 25.0 Å². The molecular weight excluding hydrogens is 602 g/mol. The number of carbonyl (C=O) groups is 2. The molecule has 2 heterocycles. The fraction of sp³-hybridized carbons (Fsp3) is 0.333. The highest BCUT2D eigenvalue weighted by atomic mass is 32.2. The number of amides is 1. The number of ether oxygens (including phenoxy) is 2. The minimum absolute atomic E-state index is 0.00803. The molecule has 0 bridgehead atoms. The summed E-state index contributed by atoms with van der Waals surface area (Å²) in [5, 5.41) is 22.0. The molecule has 0 aliphatic carbocycles. The van der Waals surface area contributed by atoms with Crippen molar-refractivity contribution in [2.45, 2.75) is 75.3 Å². The highest BCUT2D eigenvalue weighted by Gasteiger charge is 2.32. The van der Waals surface area contributed by atoms with Crippen molar-refractivity contribution in [1.82, 2.24) is 15.3 Å². The Labute approximate surface area is 273 Å². The van der Waals surface area contributed by atoms with Gasteiger partial charge in [0.25, 0.3) is 0 Å². The van der Waals surface area contributed by atoms with Crippen LogP contribution in [0.4, 0.5) is 0 Å². The molecule has 3 N–H and O–H groups in total. The second kappa shape index (κ2) is 17.0. The molecule has 0 spiro atoms. The highest BCUT2D eigenvalue weighted by Crippen LogP contribution is 2.39. The van der Waals surface area contributed by atoms with Crippen molar-refractivity contribution >= 4 is 23.6 Å². The number of aromatic nitrogens is 2. The van der Waals surface area contributed by atoms with Gasteiger partial charge >= 0.3 is 5.97 Å².